The summed E-state index contributed by atoms with van der Waals surface area (Å²) < 4.78 is 27.8. The third kappa shape index (κ3) is 4.76. The topological polar surface area (TPSA) is 90.0 Å². The number of imide groups is 1. The van der Waals surface area contributed by atoms with Crippen LogP contribution in [0.15, 0.2) is 47.4 Å². The molecule has 2 aliphatic heterocycles. The van der Waals surface area contributed by atoms with Crippen molar-refractivity contribution >= 4 is 32.7 Å². The minimum atomic E-state index is -3.61. The molecule has 33 heavy (non-hydrogen) atoms. The Morgan fingerprint density at radius 1 is 1.00 bits per heavy atom. The molecule has 0 bridgehead atoms. The zero-order valence-corrected chi connectivity index (χ0v) is 20.3. The zero-order valence-electron chi connectivity index (χ0n) is 19.5. The second-order valence-corrected chi connectivity index (χ2v) is 11.5. The molecule has 2 aromatic carbocycles. The monoisotopic (exact) mass is 472 g/mol. The number of carbonyl (C=O) groups excluding carboxylic acids is 2. The molecule has 0 aliphatic carbocycles. The van der Waals surface area contributed by atoms with Crippen molar-refractivity contribution in [3.63, 3.8) is 0 Å². The van der Waals surface area contributed by atoms with Crippen molar-refractivity contribution in [1.29, 1.82) is 0 Å². The van der Waals surface area contributed by atoms with Gasteiger partial charge in [-0.15, -0.1) is 0 Å². The third-order valence-corrected chi connectivity index (χ3v) is 8.49. The van der Waals surface area contributed by atoms with E-state index in [0.717, 1.165) is 17.2 Å². The molecule has 0 radical (unpaired) electrons. The van der Waals surface area contributed by atoms with Crippen LogP contribution in [0.1, 0.15) is 33.6 Å². The summed E-state index contributed by atoms with van der Waals surface area (Å²) in [5.41, 5.74) is -0.872. The van der Waals surface area contributed by atoms with E-state index in [1.54, 1.807) is 19.1 Å². The van der Waals surface area contributed by atoms with E-state index in [0.29, 0.717) is 38.5 Å². The number of amides is 3. The maximum absolute atomic E-state index is 13.2. The smallest absolute Gasteiger partial charge is 0.323 e. The van der Waals surface area contributed by atoms with E-state index in [4.69, 9.17) is 0 Å². The lowest BCUT2D eigenvalue weighted by Crippen LogP contribution is -2.53. The van der Waals surface area contributed by atoms with Crippen molar-refractivity contribution in [2.75, 3.05) is 32.8 Å². The first-order valence-electron chi connectivity index (χ1n) is 11.5. The Kier molecular flexibility index (Phi) is 6.48. The quantitative estimate of drug-likeness (QED) is 0.626. The number of nitrogens with zero attached hydrogens (tertiary/aromatic N) is 3. The molecule has 2 fully saturated rings. The highest BCUT2D eigenvalue weighted by Gasteiger charge is 2.48. The molecule has 2 aromatic rings. The minimum Gasteiger partial charge on any atom is -0.323 e. The molecule has 0 spiro atoms. The molecule has 2 heterocycles. The predicted octanol–water partition coefficient (Wildman–Crippen LogP) is 2.85. The fourth-order valence-corrected chi connectivity index (χ4v) is 5.87. The van der Waals surface area contributed by atoms with Crippen molar-refractivity contribution in [2.45, 2.75) is 44.0 Å². The van der Waals surface area contributed by atoms with Gasteiger partial charge in [-0.2, -0.15) is 4.31 Å². The Balaban J connectivity index is 1.38. The van der Waals surface area contributed by atoms with Gasteiger partial charge >= 0.3 is 6.03 Å². The minimum absolute atomic E-state index is 0.172. The highest BCUT2D eigenvalue weighted by Crippen LogP contribution is 2.26. The van der Waals surface area contributed by atoms with Gasteiger partial charge in [0.2, 0.25) is 10.0 Å². The van der Waals surface area contributed by atoms with Crippen molar-refractivity contribution in [3.05, 3.63) is 42.5 Å². The molecular formula is C24H32N4O4S. The zero-order chi connectivity index (χ0) is 23.8. The van der Waals surface area contributed by atoms with Gasteiger partial charge in [0, 0.05) is 26.2 Å². The van der Waals surface area contributed by atoms with Crippen LogP contribution in [-0.4, -0.2) is 72.8 Å². The van der Waals surface area contributed by atoms with Gasteiger partial charge in [-0.1, -0.05) is 44.2 Å². The van der Waals surface area contributed by atoms with Gasteiger partial charge in [-0.25, -0.2) is 18.1 Å². The maximum atomic E-state index is 13.2. The summed E-state index contributed by atoms with van der Waals surface area (Å²) in [6, 6.07) is 12.5. The van der Waals surface area contributed by atoms with Gasteiger partial charge < -0.3 is 5.32 Å². The van der Waals surface area contributed by atoms with E-state index >= 15 is 0 Å². The summed E-state index contributed by atoms with van der Waals surface area (Å²) in [7, 11) is -3.61. The SMILES string of the molecule is CC(C)CCC1(C)NC(=O)N(CN2CCN(S(=O)(=O)c3ccc4ccccc4c3)CC2)C1=O. The standard InChI is InChI=1S/C24H32N4O4S/c1-18(2)10-11-24(3)22(29)28(23(30)25-24)17-26-12-14-27(15-13-26)33(31,32)21-9-8-19-6-4-5-7-20(19)16-21/h4-9,16,18H,10-15,17H2,1-3H3,(H,25,30). The fourth-order valence-electron chi connectivity index (χ4n) is 4.41. The number of rotatable bonds is 7. The molecule has 3 amide bonds. The Morgan fingerprint density at radius 2 is 1.67 bits per heavy atom. The average molecular weight is 473 g/mol. The first-order valence-corrected chi connectivity index (χ1v) is 12.9. The molecule has 1 unspecified atom stereocenters. The third-order valence-electron chi connectivity index (χ3n) is 6.60. The first kappa shape index (κ1) is 23.7. The summed E-state index contributed by atoms with van der Waals surface area (Å²) in [4.78, 5) is 28.9. The van der Waals surface area contributed by atoms with E-state index in [1.165, 1.54) is 9.21 Å². The molecule has 1 atom stereocenters. The molecule has 178 valence electrons. The predicted molar refractivity (Wildman–Crippen MR) is 127 cm³/mol. The van der Waals surface area contributed by atoms with Crippen LogP contribution in [0.2, 0.25) is 0 Å². The van der Waals surface area contributed by atoms with Gasteiger partial charge in [0.05, 0.1) is 11.6 Å². The number of sulfonamides is 1. The van der Waals surface area contributed by atoms with E-state index in [-0.39, 0.29) is 23.5 Å². The largest absolute Gasteiger partial charge is 0.326 e. The van der Waals surface area contributed by atoms with E-state index in [1.807, 2.05) is 35.2 Å². The molecule has 1 N–H and O–H groups in total. The second-order valence-electron chi connectivity index (χ2n) is 9.60. The van der Waals surface area contributed by atoms with Gasteiger partial charge in [0.1, 0.15) is 5.54 Å². The summed E-state index contributed by atoms with van der Waals surface area (Å²) in [5.74, 6) is 0.234. The summed E-state index contributed by atoms with van der Waals surface area (Å²) in [6.07, 6.45) is 1.45. The molecule has 0 aromatic heterocycles. The number of hydrogen-bond acceptors (Lipinski definition) is 5. The maximum Gasteiger partial charge on any atom is 0.326 e. The van der Waals surface area contributed by atoms with Gasteiger partial charge in [-0.3, -0.25) is 9.69 Å². The molecule has 9 heteroatoms. The van der Waals surface area contributed by atoms with Crippen molar-refractivity contribution in [3.8, 4) is 0 Å². The normalized spacial score (nSPS) is 23.0. The Bertz CT molecular complexity index is 1160. The highest BCUT2D eigenvalue weighted by atomic mass is 32.2. The van der Waals surface area contributed by atoms with E-state index in [9.17, 15) is 18.0 Å². The molecule has 8 nitrogen and oxygen atoms in total. The number of hydrogen-bond donors (Lipinski definition) is 1. The lowest BCUT2D eigenvalue weighted by atomic mass is 9.92. The Labute approximate surface area is 195 Å². The average Bonchev–Trinajstić information content (AvgIpc) is 3.01. The van der Waals surface area contributed by atoms with Gasteiger partial charge in [-0.05, 0) is 48.6 Å². The highest BCUT2D eigenvalue weighted by molar-refractivity contribution is 7.89. The van der Waals surface area contributed by atoms with Crippen LogP contribution in [0, 0.1) is 5.92 Å². The van der Waals surface area contributed by atoms with Crippen molar-refractivity contribution < 1.29 is 18.0 Å². The first-order chi connectivity index (χ1) is 15.6. The number of urea groups is 1. The van der Waals surface area contributed by atoms with Crippen LogP contribution in [0.4, 0.5) is 4.79 Å². The van der Waals surface area contributed by atoms with Crippen molar-refractivity contribution in [2.24, 2.45) is 5.92 Å². The molecule has 2 aliphatic rings. The number of nitrogens with one attached hydrogen (secondary N) is 1. The van der Waals surface area contributed by atoms with E-state index < -0.39 is 15.6 Å². The number of fused-ring (bicyclic) bond motifs is 1. The molecule has 0 saturated carbocycles. The van der Waals surface area contributed by atoms with Crippen LogP contribution in [0.3, 0.4) is 0 Å². The Hall–Kier alpha value is -2.49. The van der Waals surface area contributed by atoms with Crippen LogP contribution in [-0.2, 0) is 14.8 Å². The fraction of sp³-hybridized carbons (Fsp3) is 0.500. The lowest BCUT2D eigenvalue weighted by Gasteiger charge is -2.35. The number of piperazine rings is 1. The Morgan fingerprint density at radius 3 is 2.33 bits per heavy atom. The number of benzene rings is 2. The number of carbonyl (C=O) groups is 2. The summed E-state index contributed by atoms with van der Waals surface area (Å²) in [5, 5.41) is 4.73. The van der Waals surface area contributed by atoms with Crippen molar-refractivity contribution in [1.82, 2.24) is 19.4 Å². The molecule has 4 rings (SSSR count). The van der Waals surface area contributed by atoms with E-state index in [2.05, 4.69) is 19.2 Å². The van der Waals surface area contributed by atoms with Gasteiger partial charge in [0.15, 0.2) is 0 Å². The van der Waals surface area contributed by atoms with Crippen LogP contribution >= 0.6 is 0 Å². The molecule has 2 saturated heterocycles. The second kappa shape index (κ2) is 9.04. The summed E-state index contributed by atoms with van der Waals surface area (Å²) in [6.45, 7) is 7.66. The van der Waals surface area contributed by atoms with Crippen LogP contribution < -0.4 is 5.32 Å². The lowest BCUT2D eigenvalue weighted by molar-refractivity contribution is -0.132. The molecular weight excluding hydrogens is 440 g/mol. The van der Waals surface area contributed by atoms with Crippen LogP contribution in [0.5, 0.6) is 0 Å². The van der Waals surface area contributed by atoms with Gasteiger partial charge in [0.25, 0.3) is 5.91 Å². The summed E-state index contributed by atoms with van der Waals surface area (Å²) >= 11 is 0. The van der Waals surface area contributed by atoms with Crippen LogP contribution in [0.25, 0.3) is 10.8 Å².